The monoisotopic (exact) mass is 187 g/mol. The van der Waals surface area contributed by atoms with E-state index in [0.717, 1.165) is 26.0 Å². The van der Waals surface area contributed by atoms with E-state index in [-0.39, 0.29) is 12.0 Å². The van der Waals surface area contributed by atoms with Crippen molar-refractivity contribution in [2.75, 3.05) is 19.7 Å². The summed E-state index contributed by atoms with van der Waals surface area (Å²) >= 11 is 0. The van der Waals surface area contributed by atoms with Gasteiger partial charge in [-0.1, -0.05) is 0 Å². The van der Waals surface area contributed by atoms with E-state index in [1.165, 1.54) is 0 Å². The summed E-state index contributed by atoms with van der Waals surface area (Å²) in [6.07, 6.45) is 2.35. The van der Waals surface area contributed by atoms with Gasteiger partial charge in [-0.25, -0.2) is 0 Å². The van der Waals surface area contributed by atoms with Crippen molar-refractivity contribution in [3.05, 3.63) is 0 Å². The third-order valence-electron chi connectivity index (χ3n) is 2.32. The first-order valence-corrected chi connectivity index (χ1v) is 4.69. The SMILES string of the molecule is CC1(CNCCC(=O)O)CCCO1. The van der Waals surface area contributed by atoms with Crippen LogP contribution in [-0.4, -0.2) is 36.4 Å². The molecular weight excluding hydrogens is 170 g/mol. The van der Waals surface area contributed by atoms with Crippen LogP contribution in [0.5, 0.6) is 0 Å². The lowest BCUT2D eigenvalue weighted by Gasteiger charge is -2.23. The first kappa shape index (κ1) is 10.5. The summed E-state index contributed by atoms with van der Waals surface area (Å²) < 4.78 is 5.54. The third-order valence-corrected chi connectivity index (χ3v) is 2.32. The highest BCUT2D eigenvalue weighted by atomic mass is 16.5. The molecule has 0 aliphatic carbocycles. The van der Waals surface area contributed by atoms with E-state index in [1.807, 2.05) is 0 Å². The zero-order chi connectivity index (χ0) is 9.73. The molecule has 0 aromatic rings. The van der Waals surface area contributed by atoms with Gasteiger partial charge in [0.1, 0.15) is 0 Å². The highest BCUT2D eigenvalue weighted by molar-refractivity contribution is 5.66. The highest BCUT2D eigenvalue weighted by Gasteiger charge is 2.28. The van der Waals surface area contributed by atoms with Gasteiger partial charge in [0.15, 0.2) is 0 Å². The molecule has 1 saturated heterocycles. The zero-order valence-electron chi connectivity index (χ0n) is 8.01. The van der Waals surface area contributed by atoms with Crippen molar-refractivity contribution >= 4 is 5.97 Å². The summed E-state index contributed by atoms with van der Waals surface area (Å²) in [5, 5.41) is 11.5. The molecule has 0 amide bonds. The predicted octanol–water partition coefficient (Wildman–Crippen LogP) is 0.620. The predicted molar refractivity (Wildman–Crippen MR) is 48.7 cm³/mol. The van der Waals surface area contributed by atoms with Crippen molar-refractivity contribution < 1.29 is 14.6 Å². The molecule has 1 aliphatic heterocycles. The van der Waals surface area contributed by atoms with Crippen molar-refractivity contribution in [2.45, 2.75) is 31.8 Å². The van der Waals surface area contributed by atoms with E-state index >= 15 is 0 Å². The molecule has 1 aliphatic rings. The lowest BCUT2D eigenvalue weighted by molar-refractivity contribution is -0.136. The van der Waals surface area contributed by atoms with Gasteiger partial charge in [0, 0.05) is 19.7 Å². The summed E-state index contributed by atoms with van der Waals surface area (Å²) in [6, 6.07) is 0. The third kappa shape index (κ3) is 3.74. The molecule has 1 rings (SSSR count). The van der Waals surface area contributed by atoms with Gasteiger partial charge in [0.25, 0.3) is 0 Å². The number of carboxylic acids is 1. The van der Waals surface area contributed by atoms with Gasteiger partial charge in [-0.15, -0.1) is 0 Å². The number of aliphatic carboxylic acids is 1. The topological polar surface area (TPSA) is 58.6 Å². The molecule has 0 aromatic heterocycles. The molecule has 1 unspecified atom stereocenters. The summed E-state index contributed by atoms with van der Waals surface area (Å²) in [4.78, 5) is 10.2. The van der Waals surface area contributed by atoms with Crippen LogP contribution in [0.4, 0.5) is 0 Å². The van der Waals surface area contributed by atoms with Crippen molar-refractivity contribution in [1.29, 1.82) is 0 Å². The molecule has 1 heterocycles. The van der Waals surface area contributed by atoms with Crippen molar-refractivity contribution in [2.24, 2.45) is 0 Å². The molecule has 76 valence electrons. The summed E-state index contributed by atoms with van der Waals surface area (Å²) in [6.45, 7) is 4.17. The lowest BCUT2D eigenvalue weighted by Crippen LogP contribution is -2.37. The molecule has 4 nitrogen and oxygen atoms in total. The molecule has 0 radical (unpaired) electrons. The lowest BCUT2D eigenvalue weighted by atomic mass is 10.0. The maximum atomic E-state index is 10.2. The first-order valence-electron chi connectivity index (χ1n) is 4.69. The Morgan fingerprint density at radius 1 is 1.69 bits per heavy atom. The number of ether oxygens (including phenoxy) is 1. The molecule has 4 heteroatoms. The van der Waals surface area contributed by atoms with Crippen molar-refractivity contribution in [3.63, 3.8) is 0 Å². The zero-order valence-corrected chi connectivity index (χ0v) is 8.01. The largest absolute Gasteiger partial charge is 0.481 e. The average molecular weight is 187 g/mol. The van der Waals surface area contributed by atoms with Crippen LogP contribution in [0.15, 0.2) is 0 Å². The van der Waals surface area contributed by atoms with Crippen LogP contribution in [0.2, 0.25) is 0 Å². The Kier molecular flexibility index (Phi) is 3.69. The van der Waals surface area contributed by atoms with Gasteiger partial charge < -0.3 is 15.2 Å². The molecule has 2 N–H and O–H groups in total. The Morgan fingerprint density at radius 2 is 2.46 bits per heavy atom. The fourth-order valence-corrected chi connectivity index (χ4v) is 1.52. The minimum absolute atomic E-state index is 0.0709. The second-order valence-electron chi connectivity index (χ2n) is 3.72. The van der Waals surface area contributed by atoms with E-state index in [4.69, 9.17) is 9.84 Å². The quantitative estimate of drug-likeness (QED) is 0.619. The van der Waals surface area contributed by atoms with E-state index < -0.39 is 5.97 Å². The second-order valence-corrected chi connectivity index (χ2v) is 3.72. The Hall–Kier alpha value is -0.610. The molecule has 1 fully saturated rings. The second kappa shape index (κ2) is 4.58. The van der Waals surface area contributed by atoms with Gasteiger partial charge in [-0.3, -0.25) is 4.79 Å². The van der Waals surface area contributed by atoms with Gasteiger partial charge in [0.2, 0.25) is 0 Å². The molecule has 0 bridgehead atoms. The fourth-order valence-electron chi connectivity index (χ4n) is 1.52. The normalized spacial score (nSPS) is 27.8. The van der Waals surface area contributed by atoms with Crippen LogP contribution in [0.25, 0.3) is 0 Å². The van der Waals surface area contributed by atoms with Crippen LogP contribution in [0.3, 0.4) is 0 Å². The van der Waals surface area contributed by atoms with Gasteiger partial charge >= 0.3 is 5.97 Å². The minimum Gasteiger partial charge on any atom is -0.481 e. The fraction of sp³-hybridized carbons (Fsp3) is 0.889. The molecule has 13 heavy (non-hydrogen) atoms. The van der Waals surface area contributed by atoms with Crippen LogP contribution in [0.1, 0.15) is 26.2 Å². The van der Waals surface area contributed by atoms with E-state index in [2.05, 4.69) is 12.2 Å². The molecule has 0 aromatic carbocycles. The van der Waals surface area contributed by atoms with Gasteiger partial charge in [0.05, 0.1) is 12.0 Å². The number of hydrogen-bond donors (Lipinski definition) is 2. The minimum atomic E-state index is -0.759. The number of rotatable bonds is 5. The molecule has 0 spiro atoms. The van der Waals surface area contributed by atoms with Crippen molar-refractivity contribution in [1.82, 2.24) is 5.32 Å². The number of hydrogen-bond acceptors (Lipinski definition) is 3. The average Bonchev–Trinajstić information content (AvgIpc) is 2.47. The van der Waals surface area contributed by atoms with Crippen LogP contribution >= 0.6 is 0 Å². The highest BCUT2D eigenvalue weighted by Crippen LogP contribution is 2.23. The van der Waals surface area contributed by atoms with Crippen LogP contribution in [0, 0.1) is 0 Å². The van der Waals surface area contributed by atoms with Gasteiger partial charge in [-0.05, 0) is 19.8 Å². The maximum Gasteiger partial charge on any atom is 0.304 e. The summed E-state index contributed by atoms with van der Waals surface area (Å²) in [7, 11) is 0. The number of nitrogens with one attached hydrogen (secondary N) is 1. The van der Waals surface area contributed by atoms with Crippen molar-refractivity contribution in [3.8, 4) is 0 Å². The molecule has 1 atom stereocenters. The van der Waals surface area contributed by atoms with E-state index in [1.54, 1.807) is 0 Å². The van der Waals surface area contributed by atoms with Crippen LogP contribution < -0.4 is 5.32 Å². The Labute approximate surface area is 78.3 Å². The molecule has 0 saturated carbocycles. The number of carbonyl (C=O) groups is 1. The Balaban J connectivity index is 2.07. The van der Waals surface area contributed by atoms with Crippen LogP contribution in [-0.2, 0) is 9.53 Å². The first-order chi connectivity index (χ1) is 6.12. The Bertz CT molecular complexity index is 176. The molecular formula is C9H17NO3. The number of carboxylic acid groups (broad SMARTS) is 1. The standard InChI is InChI=1S/C9H17NO3/c1-9(4-2-6-13-9)7-10-5-3-8(11)12/h10H,2-7H2,1H3,(H,11,12). The van der Waals surface area contributed by atoms with E-state index in [9.17, 15) is 4.79 Å². The summed E-state index contributed by atoms with van der Waals surface area (Å²) in [5.41, 5.74) is -0.0709. The Morgan fingerprint density at radius 3 is 3.00 bits per heavy atom. The maximum absolute atomic E-state index is 10.2. The van der Waals surface area contributed by atoms with Gasteiger partial charge in [-0.2, -0.15) is 0 Å². The van der Waals surface area contributed by atoms with E-state index in [0.29, 0.717) is 6.54 Å². The smallest absolute Gasteiger partial charge is 0.304 e. The summed E-state index contributed by atoms with van der Waals surface area (Å²) in [5.74, 6) is -0.759.